The van der Waals surface area contributed by atoms with Crippen molar-refractivity contribution in [3.8, 4) is 0 Å². The van der Waals surface area contributed by atoms with E-state index in [1.54, 1.807) is 0 Å². The van der Waals surface area contributed by atoms with Gasteiger partial charge in [0.1, 0.15) is 5.82 Å². The number of rotatable bonds is 3. The summed E-state index contributed by atoms with van der Waals surface area (Å²) in [6.07, 6.45) is 5.31. The first-order valence-corrected chi connectivity index (χ1v) is 6.94. The molecule has 0 bridgehead atoms. The van der Waals surface area contributed by atoms with Crippen molar-refractivity contribution < 1.29 is 0 Å². The van der Waals surface area contributed by atoms with Gasteiger partial charge in [-0.3, -0.25) is 0 Å². The van der Waals surface area contributed by atoms with E-state index in [4.69, 9.17) is 11.6 Å². The van der Waals surface area contributed by atoms with Crippen LogP contribution in [0.1, 0.15) is 12.0 Å². The van der Waals surface area contributed by atoms with Crippen LogP contribution in [0.3, 0.4) is 0 Å². The van der Waals surface area contributed by atoms with Crippen LogP contribution in [0, 0.1) is 0 Å². The maximum atomic E-state index is 5.73. The Labute approximate surface area is 100 Å². The van der Waals surface area contributed by atoms with Gasteiger partial charge in [-0.1, -0.05) is 6.07 Å². The molecule has 1 aromatic rings. The van der Waals surface area contributed by atoms with Crippen LogP contribution >= 0.6 is 23.4 Å². The maximum Gasteiger partial charge on any atom is 0.128 e. The third-order valence-electron chi connectivity index (χ3n) is 2.77. The van der Waals surface area contributed by atoms with Crippen molar-refractivity contribution in [1.29, 1.82) is 0 Å². The number of hydrogen-bond acceptors (Lipinski definition) is 3. The molecule has 2 nitrogen and oxygen atoms in total. The highest BCUT2D eigenvalue weighted by molar-refractivity contribution is 7.99. The van der Waals surface area contributed by atoms with E-state index in [0.717, 1.165) is 29.7 Å². The smallest absolute Gasteiger partial charge is 0.128 e. The lowest BCUT2D eigenvalue weighted by molar-refractivity contribution is 0.935. The second-order valence-electron chi connectivity index (χ2n) is 3.75. The van der Waals surface area contributed by atoms with E-state index in [1.807, 2.05) is 18.0 Å². The number of aromatic nitrogens is 1. The highest BCUT2D eigenvalue weighted by atomic mass is 35.5. The van der Waals surface area contributed by atoms with E-state index < -0.39 is 0 Å². The minimum atomic E-state index is 0.542. The number of pyridine rings is 1. The summed E-state index contributed by atoms with van der Waals surface area (Å²) in [4.78, 5) is 6.78. The first-order chi connectivity index (χ1) is 7.33. The molecule has 4 heteroatoms. The molecule has 0 radical (unpaired) electrons. The van der Waals surface area contributed by atoms with Gasteiger partial charge < -0.3 is 4.90 Å². The molecule has 1 aliphatic rings. The SMILES string of the molecule is CSC1CCN(c2ccc(CCl)cn2)C1. The molecule has 82 valence electrons. The van der Waals surface area contributed by atoms with Gasteiger partial charge in [0.25, 0.3) is 0 Å². The number of halogens is 1. The zero-order valence-corrected chi connectivity index (χ0v) is 10.4. The van der Waals surface area contributed by atoms with E-state index in [9.17, 15) is 0 Å². The Hall–Kier alpha value is -0.410. The number of hydrogen-bond donors (Lipinski definition) is 0. The lowest BCUT2D eigenvalue weighted by Crippen LogP contribution is -2.21. The van der Waals surface area contributed by atoms with E-state index in [0.29, 0.717) is 5.88 Å². The van der Waals surface area contributed by atoms with Crippen LogP contribution in [0.15, 0.2) is 18.3 Å². The van der Waals surface area contributed by atoms with Crippen LogP contribution < -0.4 is 4.90 Å². The molecule has 0 aliphatic carbocycles. The Kier molecular flexibility index (Phi) is 3.76. The standard InChI is InChI=1S/C11H15ClN2S/c1-15-10-4-5-14(8-10)11-3-2-9(6-12)7-13-11/h2-3,7,10H,4-6,8H2,1H3. The lowest BCUT2D eigenvalue weighted by atomic mass is 10.3. The van der Waals surface area contributed by atoms with Crippen LogP contribution in [0.25, 0.3) is 0 Å². The lowest BCUT2D eigenvalue weighted by Gasteiger charge is -2.16. The molecule has 0 N–H and O–H groups in total. The van der Waals surface area contributed by atoms with Crippen molar-refractivity contribution in [3.63, 3.8) is 0 Å². The number of alkyl halides is 1. The molecule has 1 aliphatic heterocycles. The molecule has 0 spiro atoms. The molecule has 0 saturated carbocycles. The first-order valence-electron chi connectivity index (χ1n) is 5.12. The summed E-state index contributed by atoms with van der Waals surface area (Å²) in [6, 6.07) is 4.13. The maximum absolute atomic E-state index is 5.73. The molecule has 1 aromatic heterocycles. The Morgan fingerprint density at radius 2 is 2.47 bits per heavy atom. The molecule has 1 saturated heterocycles. The highest BCUT2D eigenvalue weighted by Gasteiger charge is 2.22. The molecular formula is C11H15ClN2S. The molecule has 2 rings (SSSR count). The number of nitrogens with zero attached hydrogens (tertiary/aromatic N) is 2. The Bertz CT molecular complexity index is 315. The Morgan fingerprint density at radius 1 is 1.60 bits per heavy atom. The van der Waals surface area contributed by atoms with Crippen molar-refractivity contribution in [2.75, 3.05) is 24.2 Å². The van der Waals surface area contributed by atoms with Crippen LogP contribution in [-0.4, -0.2) is 29.6 Å². The molecule has 1 unspecified atom stereocenters. The summed E-state index contributed by atoms with van der Waals surface area (Å²) in [5, 5.41) is 0.763. The van der Waals surface area contributed by atoms with Gasteiger partial charge >= 0.3 is 0 Å². The van der Waals surface area contributed by atoms with Gasteiger partial charge in [-0.05, 0) is 24.3 Å². The molecule has 1 atom stereocenters. The van der Waals surface area contributed by atoms with Gasteiger partial charge in [0.2, 0.25) is 0 Å². The second kappa shape index (κ2) is 5.08. The Balaban J connectivity index is 2.04. The molecular weight excluding hydrogens is 228 g/mol. The van der Waals surface area contributed by atoms with Crippen LogP contribution in [0.2, 0.25) is 0 Å². The minimum Gasteiger partial charge on any atom is -0.355 e. The number of anilines is 1. The van der Waals surface area contributed by atoms with Crippen LogP contribution in [0.4, 0.5) is 5.82 Å². The van der Waals surface area contributed by atoms with Crippen LogP contribution in [0.5, 0.6) is 0 Å². The third kappa shape index (κ3) is 2.58. The molecule has 2 heterocycles. The van der Waals surface area contributed by atoms with E-state index in [1.165, 1.54) is 6.42 Å². The molecule has 15 heavy (non-hydrogen) atoms. The summed E-state index contributed by atoms with van der Waals surface area (Å²) in [5.41, 5.74) is 1.08. The van der Waals surface area contributed by atoms with Crippen molar-refractivity contribution in [1.82, 2.24) is 4.98 Å². The third-order valence-corrected chi connectivity index (χ3v) is 4.13. The normalized spacial score (nSPS) is 20.9. The fourth-order valence-corrected chi connectivity index (χ4v) is 2.64. The zero-order chi connectivity index (χ0) is 10.7. The summed E-state index contributed by atoms with van der Waals surface area (Å²) < 4.78 is 0. The summed E-state index contributed by atoms with van der Waals surface area (Å²) in [5.74, 6) is 1.63. The van der Waals surface area contributed by atoms with Gasteiger partial charge in [-0.2, -0.15) is 11.8 Å². The van der Waals surface area contributed by atoms with E-state index in [-0.39, 0.29) is 0 Å². The van der Waals surface area contributed by atoms with E-state index >= 15 is 0 Å². The number of thioether (sulfide) groups is 1. The largest absolute Gasteiger partial charge is 0.355 e. The van der Waals surface area contributed by atoms with Gasteiger partial charge in [0.05, 0.1) is 0 Å². The minimum absolute atomic E-state index is 0.542. The average Bonchev–Trinajstić information content (AvgIpc) is 2.78. The topological polar surface area (TPSA) is 16.1 Å². The van der Waals surface area contributed by atoms with Crippen LogP contribution in [-0.2, 0) is 5.88 Å². The van der Waals surface area contributed by atoms with E-state index in [2.05, 4.69) is 28.3 Å². The quantitative estimate of drug-likeness (QED) is 0.759. The molecule has 0 aromatic carbocycles. The van der Waals surface area contributed by atoms with Crippen molar-refractivity contribution >= 4 is 29.2 Å². The van der Waals surface area contributed by atoms with Crippen molar-refractivity contribution in [2.24, 2.45) is 0 Å². The monoisotopic (exact) mass is 242 g/mol. The molecule has 0 amide bonds. The van der Waals surface area contributed by atoms with Gasteiger partial charge in [-0.25, -0.2) is 4.98 Å². The summed E-state index contributed by atoms with van der Waals surface area (Å²) >= 11 is 7.68. The van der Waals surface area contributed by atoms with Crippen molar-refractivity contribution in [3.05, 3.63) is 23.9 Å². The Morgan fingerprint density at radius 3 is 3.00 bits per heavy atom. The predicted octanol–water partition coefficient (Wildman–Crippen LogP) is 2.76. The molecule has 1 fully saturated rings. The highest BCUT2D eigenvalue weighted by Crippen LogP contribution is 2.24. The van der Waals surface area contributed by atoms with Gasteiger partial charge in [-0.15, -0.1) is 11.6 Å². The van der Waals surface area contributed by atoms with Gasteiger partial charge in [0.15, 0.2) is 0 Å². The van der Waals surface area contributed by atoms with Gasteiger partial charge in [0, 0.05) is 30.4 Å². The summed E-state index contributed by atoms with van der Waals surface area (Å²) in [7, 11) is 0. The second-order valence-corrected chi connectivity index (χ2v) is 5.16. The predicted molar refractivity (Wildman–Crippen MR) is 67.9 cm³/mol. The summed E-state index contributed by atoms with van der Waals surface area (Å²) in [6.45, 7) is 2.24. The average molecular weight is 243 g/mol. The van der Waals surface area contributed by atoms with Crippen molar-refractivity contribution in [2.45, 2.75) is 17.6 Å². The fourth-order valence-electron chi connectivity index (χ4n) is 1.81. The first kappa shape index (κ1) is 11.1. The fraction of sp³-hybridized carbons (Fsp3) is 0.545. The zero-order valence-electron chi connectivity index (χ0n) is 8.82.